The molecule has 0 bridgehead atoms. The summed E-state index contributed by atoms with van der Waals surface area (Å²) in [4.78, 5) is 23.2. The van der Waals surface area contributed by atoms with E-state index >= 15 is 0 Å². The zero-order valence-electron chi connectivity index (χ0n) is 19.9. The van der Waals surface area contributed by atoms with Gasteiger partial charge >= 0.3 is 5.97 Å². The van der Waals surface area contributed by atoms with Crippen molar-refractivity contribution in [2.24, 2.45) is 46.3 Å². The zero-order chi connectivity index (χ0) is 22.6. The Morgan fingerprint density at radius 1 is 1.13 bits per heavy atom. The largest absolute Gasteiger partial charge is 0.481 e. The van der Waals surface area contributed by atoms with Crippen LogP contribution in [0.5, 0.6) is 0 Å². The minimum atomic E-state index is -0.814. The smallest absolute Gasteiger partial charge is 0.306 e. The molecule has 0 aromatic rings. The van der Waals surface area contributed by atoms with Gasteiger partial charge in [0.1, 0.15) is 6.10 Å². The highest BCUT2D eigenvalue weighted by Crippen LogP contribution is 2.67. The van der Waals surface area contributed by atoms with Gasteiger partial charge in [0.15, 0.2) is 5.78 Å². The van der Waals surface area contributed by atoms with Gasteiger partial charge in [0.05, 0.1) is 5.92 Å². The Labute approximate surface area is 187 Å². The van der Waals surface area contributed by atoms with Gasteiger partial charge in [-0.25, -0.2) is 0 Å². The highest BCUT2D eigenvalue weighted by atomic mass is 16.4. The van der Waals surface area contributed by atoms with Crippen molar-refractivity contribution >= 4 is 11.8 Å². The number of carboxylic acids is 1. The van der Waals surface area contributed by atoms with Crippen LogP contribution in [0.25, 0.3) is 0 Å². The number of hydrogen-bond acceptors (Lipinski definition) is 3. The van der Waals surface area contributed by atoms with Crippen LogP contribution in [0.1, 0.15) is 91.9 Å². The predicted octanol–water partition coefficient (Wildman–Crippen LogP) is 5.63. The number of carbonyl (C=O) groups excluding carboxylic acids is 1. The Morgan fingerprint density at radius 3 is 2.58 bits per heavy atom. The second kappa shape index (κ2) is 8.32. The molecule has 3 saturated carbocycles. The molecular weight excluding hydrogens is 388 g/mol. The molecule has 0 radical (unpaired) electrons. The first kappa shape index (κ1) is 23.0. The van der Waals surface area contributed by atoms with Gasteiger partial charge < -0.3 is 10.2 Å². The van der Waals surface area contributed by atoms with Gasteiger partial charge in [-0.05, 0) is 97.9 Å². The molecule has 0 amide bonds. The number of hydrogen-bond donors (Lipinski definition) is 2. The zero-order valence-corrected chi connectivity index (χ0v) is 19.9. The van der Waals surface area contributed by atoms with Crippen LogP contribution in [0.2, 0.25) is 0 Å². The van der Waals surface area contributed by atoms with Gasteiger partial charge in [-0.2, -0.15) is 0 Å². The Balaban J connectivity index is 1.46. The Bertz CT molecular complexity index is 756. The number of ketones is 1. The summed E-state index contributed by atoms with van der Waals surface area (Å²) in [5.74, 6) is 2.45. The van der Waals surface area contributed by atoms with Crippen molar-refractivity contribution < 1.29 is 19.8 Å². The van der Waals surface area contributed by atoms with E-state index in [1.807, 2.05) is 6.92 Å². The number of aliphatic hydroxyl groups is 1. The highest BCUT2D eigenvalue weighted by Gasteiger charge is 2.60. The first-order valence-corrected chi connectivity index (χ1v) is 12.7. The molecule has 0 saturated heterocycles. The fourth-order valence-corrected chi connectivity index (χ4v) is 8.66. The second-order valence-electron chi connectivity index (χ2n) is 12.0. The Kier molecular flexibility index (Phi) is 6.17. The van der Waals surface area contributed by atoms with Crippen molar-refractivity contribution in [2.45, 2.75) is 98.0 Å². The quantitative estimate of drug-likeness (QED) is 0.572. The third-order valence-electron chi connectivity index (χ3n) is 10.5. The standard InChI is InChI=1S/C27H42O4/c1-16(6-5-7-17(2)25(30)31)20-10-11-21-19-9-8-18-14-23(28)24(29)15-27(18,4)22(19)12-13-26(20,21)3/h14,16-17,19-22,24,29H,5-13,15H2,1-4H3,(H,30,31)/t16-,17?,19+,20-,21+,22+,24?,26-,27+/m1/s1. The minimum absolute atomic E-state index is 0.00571. The molecule has 4 aliphatic rings. The molecule has 0 aromatic carbocycles. The van der Waals surface area contributed by atoms with E-state index in [0.29, 0.717) is 29.6 Å². The molecular formula is C27H42O4. The number of allylic oxidation sites excluding steroid dienone is 1. The van der Waals surface area contributed by atoms with Crippen LogP contribution in [0.4, 0.5) is 0 Å². The normalized spacial score (nSPS) is 44.0. The van der Waals surface area contributed by atoms with E-state index < -0.39 is 12.1 Å². The van der Waals surface area contributed by atoms with Gasteiger partial charge in [-0.1, -0.05) is 46.1 Å². The van der Waals surface area contributed by atoms with Crippen molar-refractivity contribution in [1.82, 2.24) is 0 Å². The van der Waals surface area contributed by atoms with Gasteiger partial charge in [-0.3, -0.25) is 9.59 Å². The third kappa shape index (κ3) is 3.81. The summed E-state index contributed by atoms with van der Waals surface area (Å²) in [7, 11) is 0. The molecule has 4 nitrogen and oxygen atoms in total. The molecule has 0 heterocycles. The lowest BCUT2D eigenvalue weighted by Crippen LogP contribution is -2.52. The molecule has 0 aromatic heterocycles. The Morgan fingerprint density at radius 2 is 1.87 bits per heavy atom. The van der Waals surface area contributed by atoms with Gasteiger partial charge in [0.25, 0.3) is 0 Å². The molecule has 2 unspecified atom stereocenters. The summed E-state index contributed by atoms with van der Waals surface area (Å²) in [5.41, 5.74) is 1.69. The van der Waals surface area contributed by atoms with E-state index in [4.69, 9.17) is 5.11 Å². The molecule has 3 fully saturated rings. The second-order valence-corrected chi connectivity index (χ2v) is 12.0. The minimum Gasteiger partial charge on any atom is -0.481 e. The number of aliphatic hydroxyl groups excluding tert-OH is 1. The predicted molar refractivity (Wildman–Crippen MR) is 121 cm³/mol. The van der Waals surface area contributed by atoms with Crippen LogP contribution >= 0.6 is 0 Å². The maximum atomic E-state index is 12.1. The molecule has 0 spiro atoms. The number of carboxylic acid groups (broad SMARTS) is 1. The third-order valence-corrected chi connectivity index (χ3v) is 10.5. The fraction of sp³-hybridized carbons (Fsp3) is 0.852. The average molecular weight is 431 g/mol. The summed E-state index contributed by atoms with van der Waals surface area (Å²) >= 11 is 0. The maximum Gasteiger partial charge on any atom is 0.306 e. The molecule has 0 aliphatic heterocycles. The van der Waals surface area contributed by atoms with Crippen molar-refractivity contribution in [3.63, 3.8) is 0 Å². The fourth-order valence-electron chi connectivity index (χ4n) is 8.66. The molecule has 4 heteroatoms. The van der Waals surface area contributed by atoms with E-state index in [1.165, 1.54) is 37.7 Å². The van der Waals surface area contributed by atoms with Gasteiger partial charge in [0.2, 0.25) is 0 Å². The average Bonchev–Trinajstić information content (AvgIpc) is 3.06. The summed E-state index contributed by atoms with van der Waals surface area (Å²) in [5, 5.41) is 19.5. The first-order chi connectivity index (χ1) is 14.6. The molecule has 9 atom stereocenters. The van der Waals surface area contributed by atoms with E-state index in [2.05, 4.69) is 20.8 Å². The topological polar surface area (TPSA) is 74.6 Å². The molecule has 4 rings (SSSR count). The van der Waals surface area contributed by atoms with Crippen LogP contribution in [-0.4, -0.2) is 28.1 Å². The molecule has 174 valence electrons. The van der Waals surface area contributed by atoms with Gasteiger partial charge in [0, 0.05) is 0 Å². The Hall–Kier alpha value is -1.16. The number of aliphatic carboxylic acids is 1. The van der Waals surface area contributed by atoms with Crippen LogP contribution in [0, 0.1) is 46.3 Å². The van der Waals surface area contributed by atoms with E-state index in [-0.39, 0.29) is 17.1 Å². The lowest BCUT2D eigenvalue weighted by Gasteiger charge is -2.58. The molecule has 31 heavy (non-hydrogen) atoms. The van der Waals surface area contributed by atoms with Crippen molar-refractivity contribution in [3.05, 3.63) is 11.6 Å². The SMILES string of the molecule is CC(CCC[C@@H](C)[C@H]1CC[C@H]2[C@@H]3CCC4=CC(=O)C(O)C[C@]4(C)[C@H]3CC[C@]12C)C(=O)O. The van der Waals surface area contributed by atoms with Crippen LogP contribution in [0.3, 0.4) is 0 Å². The first-order valence-electron chi connectivity index (χ1n) is 12.7. The van der Waals surface area contributed by atoms with Gasteiger partial charge in [-0.15, -0.1) is 0 Å². The summed E-state index contributed by atoms with van der Waals surface area (Å²) in [6, 6.07) is 0. The van der Waals surface area contributed by atoms with Crippen LogP contribution < -0.4 is 0 Å². The van der Waals surface area contributed by atoms with Crippen molar-refractivity contribution in [2.75, 3.05) is 0 Å². The maximum absolute atomic E-state index is 12.1. The monoisotopic (exact) mass is 430 g/mol. The van der Waals surface area contributed by atoms with Crippen molar-refractivity contribution in [1.29, 1.82) is 0 Å². The lowest BCUT2D eigenvalue weighted by molar-refractivity contribution is -0.141. The van der Waals surface area contributed by atoms with Crippen LogP contribution in [-0.2, 0) is 9.59 Å². The summed E-state index contributed by atoms with van der Waals surface area (Å²) < 4.78 is 0. The van der Waals surface area contributed by atoms with E-state index in [9.17, 15) is 14.7 Å². The van der Waals surface area contributed by atoms with Crippen LogP contribution in [0.15, 0.2) is 11.6 Å². The summed E-state index contributed by atoms with van der Waals surface area (Å²) in [6.07, 6.45) is 11.8. The highest BCUT2D eigenvalue weighted by molar-refractivity contribution is 5.95. The lowest BCUT2D eigenvalue weighted by atomic mass is 9.46. The number of fused-ring (bicyclic) bond motifs is 5. The van der Waals surface area contributed by atoms with E-state index in [0.717, 1.165) is 37.5 Å². The molecule has 4 aliphatic carbocycles. The van der Waals surface area contributed by atoms with E-state index in [1.54, 1.807) is 6.08 Å². The van der Waals surface area contributed by atoms with Crippen molar-refractivity contribution in [3.8, 4) is 0 Å². The summed E-state index contributed by atoms with van der Waals surface area (Å²) in [6.45, 7) is 9.10. The number of carbonyl (C=O) groups is 2. The number of rotatable bonds is 6. The molecule has 2 N–H and O–H groups in total.